The molecule has 0 radical (unpaired) electrons. The predicted octanol–water partition coefficient (Wildman–Crippen LogP) is 4.23. The molecule has 1 aliphatic rings. The first-order chi connectivity index (χ1) is 16.2. The summed E-state index contributed by atoms with van der Waals surface area (Å²) in [6.45, 7) is 1.43. The maximum Gasteiger partial charge on any atom is 0.335 e. The van der Waals surface area contributed by atoms with Crippen LogP contribution in [-0.2, 0) is 20.9 Å². The number of carboxylic acid groups (broad SMARTS) is 1. The number of thioether (sulfide) groups is 1. The Labute approximate surface area is 204 Å². The van der Waals surface area contributed by atoms with E-state index in [2.05, 4.69) is 0 Å². The van der Waals surface area contributed by atoms with E-state index >= 15 is 0 Å². The average Bonchev–Trinajstić information content (AvgIpc) is 3.05. The third-order valence-corrected chi connectivity index (χ3v) is 5.79. The fraction of sp³-hybridized carbons (Fsp3) is 0.217. The van der Waals surface area contributed by atoms with E-state index in [1.165, 1.54) is 25.3 Å². The first kappa shape index (κ1) is 25.1. The summed E-state index contributed by atoms with van der Waals surface area (Å²) in [5.74, 6) is -1.74. The highest BCUT2D eigenvalue weighted by Crippen LogP contribution is 2.39. The maximum absolute atomic E-state index is 12.6. The monoisotopic (exact) mass is 505 g/mol. The molecule has 2 aromatic carbocycles. The molecule has 2 aromatic rings. The number of ether oxygens (including phenoxy) is 3. The minimum atomic E-state index is -1.02. The number of imide groups is 1. The SMILES string of the molecule is CCOC(=O)CN1C(=O)S/C(=C/c2cc(Cl)c(OCc3ccc(C(=O)O)cc3)c(OC)c2)C1=O. The van der Waals surface area contributed by atoms with E-state index < -0.39 is 29.6 Å². The number of carboxylic acids is 1. The molecular weight excluding hydrogens is 486 g/mol. The second-order valence-electron chi connectivity index (χ2n) is 6.90. The Morgan fingerprint density at radius 2 is 1.88 bits per heavy atom. The number of nitrogens with zero attached hydrogens (tertiary/aromatic N) is 1. The van der Waals surface area contributed by atoms with Crippen LogP contribution in [0.4, 0.5) is 4.79 Å². The Morgan fingerprint density at radius 3 is 2.50 bits per heavy atom. The van der Waals surface area contributed by atoms with Gasteiger partial charge in [0.05, 0.1) is 29.2 Å². The van der Waals surface area contributed by atoms with Crippen LogP contribution >= 0.6 is 23.4 Å². The van der Waals surface area contributed by atoms with Gasteiger partial charge in [0.1, 0.15) is 13.2 Å². The van der Waals surface area contributed by atoms with Crippen LogP contribution < -0.4 is 9.47 Å². The minimum Gasteiger partial charge on any atom is -0.493 e. The molecule has 1 fully saturated rings. The first-order valence-electron chi connectivity index (χ1n) is 9.97. The van der Waals surface area contributed by atoms with Crippen molar-refractivity contribution in [1.29, 1.82) is 0 Å². The zero-order chi connectivity index (χ0) is 24.8. The number of hydrogen-bond acceptors (Lipinski definition) is 8. The molecule has 0 bridgehead atoms. The molecular formula is C23H20ClNO8S. The number of aromatic carboxylic acids is 1. The van der Waals surface area contributed by atoms with E-state index in [1.807, 2.05) is 0 Å². The Morgan fingerprint density at radius 1 is 1.18 bits per heavy atom. The summed E-state index contributed by atoms with van der Waals surface area (Å²) in [6.07, 6.45) is 1.47. The Hall–Kier alpha value is -3.50. The van der Waals surface area contributed by atoms with Crippen molar-refractivity contribution in [2.75, 3.05) is 20.3 Å². The van der Waals surface area contributed by atoms with Gasteiger partial charge in [0.25, 0.3) is 11.1 Å². The highest BCUT2D eigenvalue weighted by atomic mass is 35.5. The maximum atomic E-state index is 12.6. The zero-order valence-corrected chi connectivity index (χ0v) is 19.8. The standard InChI is InChI=1S/C23H20ClNO8S/c1-3-32-19(26)11-25-21(27)18(34-23(25)30)10-14-8-16(24)20(17(9-14)31-2)33-12-13-4-6-15(7-5-13)22(28)29/h4-10H,3,11-12H2,1-2H3,(H,28,29)/b18-10+. The van der Waals surface area contributed by atoms with Crippen LogP contribution in [0.3, 0.4) is 0 Å². The van der Waals surface area contributed by atoms with Crippen molar-refractivity contribution in [3.8, 4) is 11.5 Å². The molecule has 11 heteroatoms. The van der Waals surface area contributed by atoms with Crippen molar-refractivity contribution < 1.29 is 38.5 Å². The van der Waals surface area contributed by atoms with Crippen LogP contribution in [0.2, 0.25) is 5.02 Å². The highest BCUT2D eigenvalue weighted by molar-refractivity contribution is 8.18. The Kier molecular flexibility index (Phi) is 8.19. The van der Waals surface area contributed by atoms with Crippen LogP contribution in [0.15, 0.2) is 41.3 Å². The molecule has 0 unspecified atom stereocenters. The number of amides is 2. The van der Waals surface area contributed by atoms with Crippen molar-refractivity contribution in [2.24, 2.45) is 0 Å². The van der Waals surface area contributed by atoms with Crippen molar-refractivity contribution in [3.05, 3.63) is 63.0 Å². The van der Waals surface area contributed by atoms with Crippen LogP contribution in [0.5, 0.6) is 11.5 Å². The van der Waals surface area contributed by atoms with Crippen molar-refractivity contribution >= 4 is 52.5 Å². The molecule has 178 valence electrons. The van der Waals surface area contributed by atoms with Gasteiger partial charge in [-0.1, -0.05) is 23.7 Å². The van der Waals surface area contributed by atoms with E-state index in [1.54, 1.807) is 31.2 Å². The first-order valence-corrected chi connectivity index (χ1v) is 11.2. The summed E-state index contributed by atoms with van der Waals surface area (Å²) in [7, 11) is 1.43. The quantitative estimate of drug-likeness (QED) is 0.394. The Bertz CT molecular complexity index is 1160. The fourth-order valence-corrected chi connectivity index (χ4v) is 4.10. The molecule has 0 aliphatic carbocycles. The molecule has 1 saturated heterocycles. The van der Waals surface area contributed by atoms with Crippen molar-refractivity contribution in [1.82, 2.24) is 4.90 Å². The van der Waals surface area contributed by atoms with E-state index in [0.29, 0.717) is 23.1 Å². The van der Waals surface area contributed by atoms with Crippen molar-refractivity contribution in [3.63, 3.8) is 0 Å². The predicted molar refractivity (Wildman–Crippen MR) is 125 cm³/mol. The average molecular weight is 506 g/mol. The number of hydrogen-bond donors (Lipinski definition) is 1. The molecule has 0 atom stereocenters. The molecule has 1 aliphatic heterocycles. The molecule has 9 nitrogen and oxygen atoms in total. The van der Waals surface area contributed by atoms with Gasteiger partial charge in [0.2, 0.25) is 0 Å². The van der Waals surface area contributed by atoms with Crippen LogP contribution in [0.1, 0.15) is 28.4 Å². The molecule has 0 aromatic heterocycles. The third-order valence-electron chi connectivity index (χ3n) is 4.60. The van der Waals surface area contributed by atoms with E-state index in [0.717, 1.165) is 10.5 Å². The van der Waals surface area contributed by atoms with Gasteiger partial charge in [-0.2, -0.15) is 0 Å². The van der Waals surface area contributed by atoms with Gasteiger partial charge in [0, 0.05) is 0 Å². The lowest BCUT2D eigenvalue weighted by Gasteiger charge is -2.14. The fourth-order valence-electron chi connectivity index (χ4n) is 2.99. The third kappa shape index (κ3) is 5.89. The topological polar surface area (TPSA) is 119 Å². The smallest absolute Gasteiger partial charge is 0.335 e. The van der Waals surface area contributed by atoms with Crippen LogP contribution in [-0.4, -0.2) is 53.4 Å². The lowest BCUT2D eigenvalue weighted by atomic mass is 10.1. The second kappa shape index (κ2) is 11.1. The van der Waals surface area contributed by atoms with Crippen LogP contribution in [0, 0.1) is 0 Å². The van der Waals surface area contributed by atoms with Crippen LogP contribution in [0.25, 0.3) is 6.08 Å². The number of methoxy groups -OCH3 is 1. The summed E-state index contributed by atoms with van der Waals surface area (Å²) < 4.78 is 16.0. The van der Waals surface area contributed by atoms with E-state index in [-0.39, 0.29) is 34.5 Å². The van der Waals surface area contributed by atoms with Gasteiger partial charge in [0.15, 0.2) is 11.5 Å². The summed E-state index contributed by atoms with van der Waals surface area (Å²) in [5.41, 5.74) is 1.37. The normalized spacial score (nSPS) is 14.4. The van der Waals surface area contributed by atoms with Crippen molar-refractivity contribution in [2.45, 2.75) is 13.5 Å². The van der Waals surface area contributed by atoms with Gasteiger partial charge in [-0.15, -0.1) is 0 Å². The molecule has 1 N–H and O–H groups in total. The lowest BCUT2D eigenvalue weighted by Crippen LogP contribution is -2.34. The summed E-state index contributed by atoms with van der Waals surface area (Å²) in [5, 5.41) is 8.62. The number of carbonyl (C=O) groups excluding carboxylic acids is 3. The molecule has 0 spiro atoms. The largest absolute Gasteiger partial charge is 0.493 e. The second-order valence-corrected chi connectivity index (χ2v) is 8.30. The lowest BCUT2D eigenvalue weighted by molar-refractivity contribution is -0.145. The molecule has 0 saturated carbocycles. The number of benzene rings is 2. The van der Waals surface area contributed by atoms with Gasteiger partial charge in [-0.3, -0.25) is 19.3 Å². The van der Waals surface area contributed by atoms with E-state index in [9.17, 15) is 19.2 Å². The molecule has 3 rings (SSSR count). The number of carbonyl (C=O) groups is 4. The van der Waals surface area contributed by atoms with Gasteiger partial charge >= 0.3 is 11.9 Å². The van der Waals surface area contributed by atoms with Gasteiger partial charge in [-0.05, 0) is 60.2 Å². The van der Waals surface area contributed by atoms with Gasteiger partial charge in [-0.25, -0.2) is 4.79 Å². The summed E-state index contributed by atoms with van der Waals surface area (Å²) >= 11 is 7.09. The zero-order valence-electron chi connectivity index (χ0n) is 18.2. The highest BCUT2D eigenvalue weighted by Gasteiger charge is 2.36. The Balaban J connectivity index is 1.77. The minimum absolute atomic E-state index is 0.113. The number of esters is 1. The number of halogens is 1. The summed E-state index contributed by atoms with van der Waals surface area (Å²) in [6, 6.07) is 9.34. The summed E-state index contributed by atoms with van der Waals surface area (Å²) in [4.78, 5) is 48.3. The van der Waals surface area contributed by atoms with Gasteiger partial charge < -0.3 is 19.3 Å². The van der Waals surface area contributed by atoms with E-state index in [4.69, 9.17) is 30.9 Å². The molecule has 34 heavy (non-hydrogen) atoms. The molecule has 1 heterocycles. The number of rotatable bonds is 9. The molecule has 2 amide bonds.